The lowest BCUT2D eigenvalue weighted by Gasteiger charge is -2.41. The van der Waals surface area contributed by atoms with Crippen molar-refractivity contribution < 1.29 is 14.7 Å². The molecule has 1 atom stereocenters. The average Bonchev–Trinajstić information content (AvgIpc) is 3.33. The van der Waals surface area contributed by atoms with Crippen LogP contribution in [0, 0.1) is 5.41 Å². The van der Waals surface area contributed by atoms with Crippen molar-refractivity contribution in [3.8, 4) is 0 Å². The topological polar surface area (TPSA) is 64.1 Å². The Balaban J connectivity index is 1.28. The van der Waals surface area contributed by atoms with Crippen molar-refractivity contribution in [3.05, 3.63) is 24.3 Å². The Hall–Kier alpha value is -2.08. The number of likely N-dealkylation sites (tertiary alicyclic amines) is 1. The van der Waals surface area contributed by atoms with E-state index in [0.29, 0.717) is 18.4 Å². The first-order valence-electron chi connectivity index (χ1n) is 11.7. The minimum absolute atomic E-state index is 0.183. The van der Waals surface area contributed by atoms with Gasteiger partial charge in [0.2, 0.25) is 11.8 Å². The highest BCUT2D eigenvalue weighted by Crippen LogP contribution is 2.43. The van der Waals surface area contributed by atoms with Gasteiger partial charge in [-0.2, -0.15) is 0 Å². The molecule has 1 saturated carbocycles. The third-order valence-electron chi connectivity index (χ3n) is 7.83. The van der Waals surface area contributed by atoms with E-state index in [4.69, 9.17) is 0 Å². The summed E-state index contributed by atoms with van der Waals surface area (Å²) in [5.41, 5.74) is 1.88. The standard InChI is InChI=1S/C24H33N3O3/c28-21-10-8-20(9-11-21)27-16-13-24(23(27)30)12-2-14-25(17-24)18-4-6-19(7-5-18)26-15-1-3-22(26)29/h4-7,20-21,28H,1-3,8-17H2/t20?,21?,24-/m1/s1. The fourth-order valence-electron chi connectivity index (χ4n) is 6.06. The molecule has 0 radical (unpaired) electrons. The predicted molar refractivity (Wildman–Crippen MR) is 117 cm³/mol. The van der Waals surface area contributed by atoms with Crippen LogP contribution >= 0.6 is 0 Å². The average molecular weight is 412 g/mol. The van der Waals surface area contributed by atoms with E-state index in [0.717, 1.165) is 88.9 Å². The van der Waals surface area contributed by atoms with Gasteiger partial charge in [-0.15, -0.1) is 0 Å². The summed E-state index contributed by atoms with van der Waals surface area (Å²) in [4.78, 5) is 31.9. The Kier molecular flexibility index (Phi) is 5.21. The van der Waals surface area contributed by atoms with E-state index in [9.17, 15) is 14.7 Å². The number of nitrogens with zero attached hydrogens (tertiary/aromatic N) is 3. The van der Waals surface area contributed by atoms with Gasteiger partial charge in [-0.25, -0.2) is 0 Å². The van der Waals surface area contributed by atoms with Gasteiger partial charge in [-0.05, 0) is 75.6 Å². The Morgan fingerprint density at radius 1 is 0.867 bits per heavy atom. The van der Waals surface area contributed by atoms with Crippen LogP contribution in [-0.2, 0) is 9.59 Å². The summed E-state index contributed by atoms with van der Waals surface area (Å²) in [6, 6.07) is 8.64. The molecule has 30 heavy (non-hydrogen) atoms. The maximum absolute atomic E-state index is 13.5. The molecule has 0 bridgehead atoms. The fourth-order valence-corrected chi connectivity index (χ4v) is 6.06. The Morgan fingerprint density at radius 3 is 2.30 bits per heavy atom. The van der Waals surface area contributed by atoms with Gasteiger partial charge in [0.25, 0.3) is 0 Å². The van der Waals surface area contributed by atoms with Gasteiger partial charge in [0, 0.05) is 50.0 Å². The SMILES string of the molecule is O=C1CCCN1c1ccc(N2CCC[C@@]3(CCN(C4CCC(O)CC4)C3=O)C2)cc1. The third kappa shape index (κ3) is 3.49. The molecule has 5 rings (SSSR count). The van der Waals surface area contributed by atoms with Crippen LogP contribution in [-0.4, -0.2) is 60.1 Å². The van der Waals surface area contributed by atoms with Gasteiger partial charge in [0.15, 0.2) is 0 Å². The first kappa shape index (κ1) is 19.9. The molecule has 3 saturated heterocycles. The van der Waals surface area contributed by atoms with Crippen molar-refractivity contribution in [3.63, 3.8) is 0 Å². The summed E-state index contributed by atoms with van der Waals surface area (Å²) in [5, 5.41) is 9.81. The number of benzene rings is 1. The van der Waals surface area contributed by atoms with Gasteiger partial charge in [0.1, 0.15) is 0 Å². The highest BCUT2D eigenvalue weighted by Gasteiger charge is 2.50. The molecule has 1 aromatic carbocycles. The lowest BCUT2D eigenvalue weighted by Crippen LogP contribution is -2.50. The van der Waals surface area contributed by atoms with Gasteiger partial charge in [-0.3, -0.25) is 9.59 Å². The van der Waals surface area contributed by atoms with Crippen molar-refractivity contribution in [2.45, 2.75) is 69.9 Å². The Morgan fingerprint density at radius 2 is 1.60 bits per heavy atom. The number of rotatable bonds is 3. The van der Waals surface area contributed by atoms with Crippen molar-refractivity contribution in [2.24, 2.45) is 5.41 Å². The molecule has 6 heteroatoms. The number of aliphatic hydroxyl groups is 1. The molecule has 4 fully saturated rings. The summed E-state index contributed by atoms with van der Waals surface area (Å²) >= 11 is 0. The van der Waals surface area contributed by atoms with Crippen LogP contribution in [0.25, 0.3) is 0 Å². The van der Waals surface area contributed by atoms with E-state index < -0.39 is 0 Å². The molecule has 162 valence electrons. The van der Waals surface area contributed by atoms with E-state index in [2.05, 4.69) is 34.1 Å². The zero-order valence-electron chi connectivity index (χ0n) is 17.8. The van der Waals surface area contributed by atoms with Crippen LogP contribution in [0.15, 0.2) is 24.3 Å². The molecule has 0 unspecified atom stereocenters. The summed E-state index contributed by atoms with van der Waals surface area (Å²) in [7, 11) is 0. The van der Waals surface area contributed by atoms with Gasteiger partial charge in [-0.1, -0.05) is 0 Å². The number of hydrogen-bond acceptors (Lipinski definition) is 4. The molecule has 1 aliphatic carbocycles. The number of carbonyl (C=O) groups is 2. The summed E-state index contributed by atoms with van der Waals surface area (Å²) in [5.74, 6) is 0.555. The van der Waals surface area contributed by atoms with Crippen LogP contribution in [0.1, 0.15) is 57.8 Å². The zero-order valence-corrected chi connectivity index (χ0v) is 17.8. The largest absolute Gasteiger partial charge is 0.393 e. The van der Waals surface area contributed by atoms with E-state index >= 15 is 0 Å². The number of piperidine rings is 1. The van der Waals surface area contributed by atoms with Crippen molar-refractivity contribution in [1.29, 1.82) is 0 Å². The van der Waals surface area contributed by atoms with Gasteiger partial charge in [0.05, 0.1) is 11.5 Å². The minimum Gasteiger partial charge on any atom is -0.393 e. The van der Waals surface area contributed by atoms with Crippen molar-refractivity contribution in [1.82, 2.24) is 4.90 Å². The normalized spacial score (nSPS) is 32.5. The third-order valence-corrected chi connectivity index (χ3v) is 7.83. The number of carbonyl (C=O) groups excluding carboxylic acids is 2. The lowest BCUT2D eigenvalue weighted by atomic mass is 9.78. The minimum atomic E-state index is -0.252. The molecule has 6 nitrogen and oxygen atoms in total. The first-order valence-corrected chi connectivity index (χ1v) is 11.7. The molecule has 1 N–H and O–H groups in total. The molecule has 4 aliphatic rings. The maximum atomic E-state index is 13.5. The van der Waals surface area contributed by atoms with Gasteiger partial charge < -0.3 is 19.8 Å². The highest BCUT2D eigenvalue weighted by molar-refractivity contribution is 5.95. The summed E-state index contributed by atoms with van der Waals surface area (Å²) in [6.07, 6.45) is 7.87. The van der Waals surface area contributed by atoms with E-state index in [1.54, 1.807) is 0 Å². The van der Waals surface area contributed by atoms with Crippen molar-refractivity contribution >= 4 is 23.2 Å². The molecular weight excluding hydrogens is 378 g/mol. The van der Waals surface area contributed by atoms with Gasteiger partial charge >= 0.3 is 0 Å². The Labute approximate surface area is 178 Å². The molecule has 2 amide bonds. The molecule has 0 aromatic heterocycles. The maximum Gasteiger partial charge on any atom is 0.230 e. The quantitative estimate of drug-likeness (QED) is 0.831. The second-order valence-electron chi connectivity index (χ2n) is 9.68. The molecule has 1 spiro atoms. The molecule has 3 heterocycles. The van der Waals surface area contributed by atoms with Crippen molar-refractivity contribution in [2.75, 3.05) is 36.0 Å². The predicted octanol–water partition coefficient (Wildman–Crippen LogP) is 2.94. The first-order chi connectivity index (χ1) is 14.6. The molecule has 3 aliphatic heterocycles. The van der Waals surface area contributed by atoms with E-state index in [1.807, 2.05) is 4.90 Å². The van der Waals surface area contributed by atoms with Crippen LogP contribution < -0.4 is 9.80 Å². The fraction of sp³-hybridized carbons (Fsp3) is 0.667. The second-order valence-corrected chi connectivity index (χ2v) is 9.68. The smallest absolute Gasteiger partial charge is 0.230 e. The molecular formula is C24H33N3O3. The monoisotopic (exact) mass is 411 g/mol. The number of aliphatic hydroxyl groups excluding tert-OH is 1. The summed E-state index contributed by atoms with van der Waals surface area (Å²) < 4.78 is 0. The number of hydrogen-bond donors (Lipinski definition) is 1. The lowest BCUT2D eigenvalue weighted by molar-refractivity contribution is -0.139. The number of anilines is 2. The van der Waals surface area contributed by atoms with Crippen LogP contribution in [0.3, 0.4) is 0 Å². The molecule has 1 aromatic rings. The highest BCUT2D eigenvalue weighted by atomic mass is 16.3. The van der Waals surface area contributed by atoms with Crippen LogP contribution in [0.4, 0.5) is 11.4 Å². The van der Waals surface area contributed by atoms with E-state index in [1.165, 1.54) is 0 Å². The zero-order chi connectivity index (χ0) is 20.7. The van der Waals surface area contributed by atoms with Crippen LogP contribution in [0.5, 0.6) is 0 Å². The second kappa shape index (κ2) is 7.88. The van der Waals surface area contributed by atoms with Crippen LogP contribution in [0.2, 0.25) is 0 Å². The number of amides is 2. The van der Waals surface area contributed by atoms with E-state index in [-0.39, 0.29) is 17.4 Å². The Bertz CT molecular complexity index is 802. The summed E-state index contributed by atoms with van der Waals surface area (Å²) in [6.45, 7) is 3.45.